The molecule has 3 rings (SSSR count). The van der Waals surface area contributed by atoms with Crippen molar-refractivity contribution < 1.29 is 14.0 Å². The smallest absolute Gasteiger partial charge is 0.243 e. The van der Waals surface area contributed by atoms with E-state index >= 15 is 0 Å². The maximum absolute atomic E-state index is 14.0. The van der Waals surface area contributed by atoms with E-state index in [0.717, 1.165) is 15.6 Å². The van der Waals surface area contributed by atoms with Crippen molar-refractivity contribution in [3.05, 3.63) is 106 Å². The molecule has 0 heterocycles. The maximum Gasteiger partial charge on any atom is 0.243 e. The number of nitrogens with zero attached hydrogens (tertiary/aromatic N) is 1. The largest absolute Gasteiger partial charge is 0.352 e. The van der Waals surface area contributed by atoms with Gasteiger partial charge in [-0.3, -0.25) is 9.59 Å². The molecule has 184 valence electrons. The highest BCUT2D eigenvalue weighted by atomic mass is 79.9. The SMILES string of the molecule is CC(C)NC(=O)C(Cc1ccccc1)N(Cc1ccc(Br)cc1)C(=O)CSCc1ccccc1F. The first-order chi connectivity index (χ1) is 16.8. The molecule has 4 nitrogen and oxygen atoms in total. The van der Waals surface area contributed by atoms with Gasteiger partial charge in [0.25, 0.3) is 0 Å². The van der Waals surface area contributed by atoms with Gasteiger partial charge in [-0.1, -0.05) is 76.6 Å². The molecule has 0 bridgehead atoms. The number of halogens is 2. The summed E-state index contributed by atoms with van der Waals surface area (Å²) in [5.41, 5.74) is 2.46. The number of thioether (sulfide) groups is 1. The third kappa shape index (κ3) is 8.51. The van der Waals surface area contributed by atoms with Crippen molar-refractivity contribution in [3.63, 3.8) is 0 Å². The van der Waals surface area contributed by atoms with Crippen molar-refractivity contribution >= 4 is 39.5 Å². The summed E-state index contributed by atoms with van der Waals surface area (Å²) in [4.78, 5) is 28.5. The van der Waals surface area contributed by atoms with Crippen LogP contribution in [0.3, 0.4) is 0 Å². The number of hydrogen-bond acceptors (Lipinski definition) is 3. The van der Waals surface area contributed by atoms with Crippen molar-refractivity contribution in [2.75, 3.05) is 5.75 Å². The number of hydrogen-bond donors (Lipinski definition) is 1. The van der Waals surface area contributed by atoms with Crippen molar-refractivity contribution in [3.8, 4) is 0 Å². The lowest BCUT2D eigenvalue weighted by atomic mass is 10.0. The zero-order valence-corrected chi connectivity index (χ0v) is 22.3. The minimum atomic E-state index is -0.676. The summed E-state index contributed by atoms with van der Waals surface area (Å²) in [6, 6.07) is 23.3. The lowest BCUT2D eigenvalue weighted by Gasteiger charge is -2.32. The molecular formula is C28H30BrFN2O2S. The fourth-order valence-electron chi connectivity index (χ4n) is 3.67. The Kier molecular flexibility index (Phi) is 10.4. The van der Waals surface area contributed by atoms with Crippen molar-refractivity contribution in [2.45, 2.75) is 44.6 Å². The first kappa shape index (κ1) is 27.0. The number of carbonyl (C=O) groups excluding carboxylic acids is 2. The van der Waals surface area contributed by atoms with E-state index in [-0.39, 0.29) is 29.4 Å². The fourth-order valence-corrected chi connectivity index (χ4v) is 4.83. The van der Waals surface area contributed by atoms with E-state index < -0.39 is 6.04 Å². The Morgan fingerprint density at radius 2 is 1.60 bits per heavy atom. The molecule has 0 radical (unpaired) electrons. The van der Waals surface area contributed by atoms with Crippen LogP contribution in [0, 0.1) is 5.82 Å². The molecule has 35 heavy (non-hydrogen) atoms. The predicted molar refractivity (Wildman–Crippen MR) is 144 cm³/mol. The second-order valence-electron chi connectivity index (χ2n) is 8.60. The minimum Gasteiger partial charge on any atom is -0.352 e. The standard InChI is InChI=1S/C28H30BrFN2O2S/c1-20(2)31-28(34)26(16-21-8-4-3-5-9-21)32(17-22-12-14-24(29)15-13-22)27(33)19-35-18-23-10-6-7-11-25(23)30/h3-15,20,26H,16-19H2,1-2H3,(H,31,34). The number of benzene rings is 3. The molecular weight excluding hydrogens is 527 g/mol. The van der Waals surface area contributed by atoms with Gasteiger partial charge in [-0.2, -0.15) is 0 Å². The van der Waals surface area contributed by atoms with Gasteiger partial charge in [0.1, 0.15) is 11.9 Å². The van der Waals surface area contributed by atoms with Gasteiger partial charge in [-0.15, -0.1) is 11.8 Å². The molecule has 3 aromatic carbocycles. The van der Waals surface area contributed by atoms with Crippen LogP contribution in [0.15, 0.2) is 83.3 Å². The number of carbonyl (C=O) groups is 2. The van der Waals surface area contributed by atoms with Crippen LogP contribution in [-0.2, 0) is 28.3 Å². The lowest BCUT2D eigenvalue weighted by Crippen LogP contribution is -2.52. The van der Waals surface area contributed by atoms with Crippen LogP contribution in [0.25, 0.3) is 0 Å². The van der Waals surface area contributed by atoms with Gasteiger partial charge in [0.2, 0.25) is 11.8 Å². The molecule has 1 atom stereocenters. The quantitative estimate of drug-likeness (QED) is 0.315. The normalized spacial score (nSPS) is 11.8. The highest BCUT2D eigenvalue weighted by Gasteiger charge is 2.30. The van der Waals surface area contributed by atoms with E-state index in [9.17, 15) is 14.0 Å². The molecule has 0 spiro atoms. The van der Waals surface area contributed by atoms with Crippen LogP contribution in [-0.4, -0.2) is 34.6 Å². The highest BCUT2D eigenvalue weighted by molar-refractivity contribution is 9.10. The Labute approximate surface area is 219 Å². The summed E-state index contributed by atoms with van der Waals surface area (Å²) in [5, 5.41) is 2.99. The topological polar surface area (TPSA) is 49.4 Å². The van der Waals surface area contributed by atoms with Gasteiger partial charge in [-0.25, -0.2) is 4.39 Å². The summed E-state index contributed by atoms with van der Waals surface area (Å²) in [6.07, 6.45) is 0.402. The van der Waals surface area contributed by atoms with Crippen LogP contribution in [0.4, 0.5) is 4.39 Å². The molecule has 0 aliphatic carbocycles. The van der Waals surface area contributed by atoms with Crippen molar-refractivity contribution in [2.24, 2.45) is 0 Å². The van der Waals surface area contributed by atoms with Crippen LogP contribution in [0.2, 0.25) is 0 Å². The molecule has 7 heteroatoms. The summed E-state index contributed by atoms with van der Waals surface area (Å²) < 4.78 is 15.0. The first-order valence-corrected chi connectivity index (χ1v) is 13.5. The highest BCUT2D eigenvalue weighted by Crippen LogP contribution is 2.20. The van der Waals surface area contributed by atoms with Crippen LogP contribution in [0.5, 0.6) is 0 Å². The average molecular weight is 558 g/mol. The van der Waals surface area contributed by atoms with Gasteiger partial charge >= 0.3 is 0 Å². The Morgan fingerprint density at radius 1 is 0.943 bits per heavy atom. The Hall–Kier alpha value is -2.64. The molecule has 3 aromatic rings. The van der Waals surface area contributed by atoms with Gasteiger partial charge in [-0.05, 0) is 48.7 Å². The second kappa shape index (κ2) is 13.4. The van der Waals surface area contributed by atoms with E-state index in [0.29, 0.717) is 24.3 Å². The van der Waals surface area contributed by atoms with Crippen LogP contribution < -0.4 is 5.32 Å². The average Bonchev–Trinajstić information content (AvgIpc) is 2.84. The third-order valence-electron chi connectivity index (χ3n) is 5.41. The Balaban J connectivity index is 1.84. The first-order valence-electron chi connectivity index (χ1n) is 11.5. The molecule has 0 aliphatic heterocycles. The van der Waals surface area contributed by atoms with Crippen molar-refractivity contribution in [1.82, 2.24) is 10.2 Å². The lowest BCUT2D eigenvalue weighted by molar-refractivity contribution is -0.139. The summed E-state index contributed by atoms with van der Waals surface area (Å²) in [5.74, 6) is -0.100. The van der Waals surface area contributed by atoms with Gasteiger partial charge in [0, 0.05) is 29.2 Å². The Morgan fingerprint density at radius 3 is 2.26 bits per heavy atom. The molecule has 0 aliphatic rings. The zero-order valence-electron chi connectivity index (χ0n) is 19.9. The van der Waals surface area contributed by atoms with E-state index in [4.69, 9.17) is 0 Å². The maximum atomic E-state index is 14.0. The van der Waals surface area contributed by atoms with Gasteiger partial charge in [0.15, 0.2) is 0 Å². The fraction of sp³-hybridized carbons (Fsp3) is 0.286. The number of rotatable bonds is 11. The summed E-state index contributed by atoms with van der Waals surface area (Å²) in [6.45, 7) is 4.11. The Bertz CT molecular complexity index is 1110. The number of amides is 2. The van der Waals surface area contributed by atoms with E-state index in [1.54, 1.807) is 23.1 Å². The zero-order chi connectivity index (χ0) is 25.2. The monoisotopic (exact) mass is 556 g/mol. The van der Waals surface area contributed by atoms with E-state index in [1.165, 1.54) is 17.8 Å². The number of nitrogens with one attached hydrogen (secondary N) is 1. The molecule has 0 saturated carbocycles. The third-order valence-corrected chi connectivity index (χ3v) is 6.90. The molecule has 1 N–H and O–H groups in total. The second-order valence-corrected chi connectivity index (χ2v) is 10.5. The van der Waals surface area contributed by atoms with Crippen molar-refractivity contribution in [1.29, 1.82) is 0 Å². The van der Waals surface area contributed by atoms with Crippen LogP contribution >= 0.6 is 27.7 Å². The molecule has 0 saturated heterocycles. The molecule has 1 unspecified atom stereocenters. The molecule has 0 fully saturated rings. The summed E-state index contributed by atoms with van der Waals surface area (Å²) in [7, 11) is 0. The minimum absolute atomic E-state index is 0.0548. The molecule has 2 amide bonds. The van der Waals surface area contributed by atoms with E-state index in [1.807, 2.05) is 68.4 Å². The molecule has 0 aromatic heterocycles. The predicted octanol–water partition coefficient (Wildman–Crippen LogP) is 5.99. The van der Waals surface area contributed by atoms with E-state index in [2.05, 4.69) is 21.2 Å². The van der Waals surface area contributed by atoms with Crippen LogP contribution in [0.1, 0.15) is 30.5 Å². The summed E-state index contributed by atoms with van der Waals surface area (Å²) >= 11 is 4.80. The van der Waals surface area contributed by atoms with Gasteiger partial charge < -0.3 is 10.2 Å². The van der Waals surface area contributed by atoms with Gasteiger partial charge in [0.05, 0.1) is 5.75 Å².